The highest BCUT2D eigenvalue weighted by Gasteiger charge is 2.34. The highest BCUT2D eigenvalue weighted by atomic mass is 32.1. The molecule has 1 heterocycles. The van der Waals surface area contributed by atoms with E-state index in [2.05, 4.69) is 35.5 Å². The fourth-order valence-corrected chi connectivity index (χ4v) is 3.53. The summed E-state index contributed by atoms with van der Waals surface area (Å²) in [5, 5.41) is 7.35. The molecular weight excluding hydrogens is 230 g/mol. The predicted octanol–water partition coefficient (Wildman–Crippen LogP) is 3.89. The van der Waals surface area contributed by atoms with E-state index >= 15 is 0 Å². The average Bonchev–Trinajstić information content (AvgIpc) is 2.84. The smallest absolute Gasteiger partial charge is 0.195 e. The first-order valence-electron chi connectivity index (χ1n) is 6.84. The van der Waals surface area contributed by atoms with E-state index in [1.54, 1.807) is 0 Å². The second kappa shape index (κ2) is 5.34. The fourth-order valence-electron chi connectivity index (χ4n) is 3.24. The molecule has 17 heavy (non-hydrogen) atoms. The monoisotopic (exact) mass is 253 g/mol. The van der Waals surface area contributed by atoms with Crippen LogP contribution in [0, 0.1) is 16.6 Å². The fraction of sp³-hybridized carbons (Fsp3) is 0.846. The molecule has 1 aromatic rings. The Labute approximate surface area is 109 Å². The zero-order valence-corrected chi connectivity index (χ0v) is 11.9. The Morgan fingerprint density at radius 1 is 1.41 bits per heavy atom. The Kier molecular flexibility index (Phi) is 4.02. The summed E-state index contributed by atoms with van der Waals surface area (Å²) in [6.07, 6.45) is 6.02. The minimum Gasteiger partial charge on any atom is -0.301 e. The third-order valence-corrected chi connectivity index (χ3v) is 4.58. The molecule has 0 aromatic carbocycles. The SMILES string of the molecule is CCCc1n[nH]c(=S)n1C1CCC(CC)C1C. The van der Waals surface area contributed by atoms with Gasteiger partial charge in [0.05, 0.1) is 0 Å². The van der Waals surface area contributed by atoms with Gasteiger partial charge in [0.1, 0.15) is 5.82 Å². The zero-order valence-electron chi connectivity index (χ0n) is 11.1. The first-order chi connectivity index (χ1) is 8.19. The first-order valence-corrected chi connectivity index (χ1v) is 7.25. The normalized spacial score (nSPS) is 28.8. The lowest BCUT2D eigenvalue weighted by atomic mass is 9.93. The Bertz CT molecular complexity index is 421. The molecule has 1 saturated carbocycles. The number of hydrogen-bond acceptors (Lipinski definition) is 2. The van der Waals surface area contributed by atoms with Gasteiger partial charge in [-0.1, -0.05) is 27.2 Å². The molecule has 0 radical (unpaired) electrons. The van der Waals surface area contributed by atoms with Gasteiger partial charge < -0.3 is 4.57 Å². The van der Waals surface area contributed by atoms with E-state index in [-0.39, 0.29) is 0 Å². The maximum Gasteiger partial charge on any atom is 0.195 e. The number of H-pyrrole nitrogens is 1. The van der Waals surface area contributed by atoms with Gasteiger partial charge in [0.15, 0.2) is 4.77 Å². The third-order valence-electron chi connectivity index (χ3n) is 4.29. The van der Waals surface area contributed by atoms with Gasteiger partial charge in [-0.25, -0.2) is 0 Å². The molecule has 1 fully saturated rings. The zero-order chi connectivity index (χ0) is 12.4. The van der Waals surface area contributed by atoms with Crippen LogP contribution in [0.1, 0.15) is 58.3 Å². The van der Waals surface area contributed by atoms with Crippen LogP contribution in [0.2, 0.25) is 0 Å². The summed E-state index contributed by atoms with van der Waals surface area (Å²) >= 11 is 5.40. The van der Waals surface area contributed by atoms with E-state index in [0.29, 0.717) is 6.04 Å². The van der Waals surface area contributed by atoms with Crippen LogP contribution >= 0.6 is 12.2 Å². The highest BCUT2D eigenvalue weighted by Crippen LogP contribution is 2.42. The molecule has 3 nitrogen and oxygen atoms in total. The Hall–Kier alpha value is -0.640. The lowest BCUT2D eigenvalue weighted by molar-refractivity contribution is 0.322. The minimum atomic E-state index is 0.563. The number of rotatable bonds is 4. The highest BCUT2D eigenvalue weighted by molar-refractivity contribution is 7.71. The molecule has 1 N–H and O–H groups in total. The molecule has 1 aliphatic carbocycles. The van der Waals surface area contributed by atoms with Crippen LogP contribution in [0.4, 0.5) is 0 Å². The van der Waals surface area contributed by atoms with Gasteiger partial charge in [0.25, 0.3) is 0 Å². The Balaban J connectivity index is 2.28. The van der Waals surface area contributed by atoms with Crippen molar-refractivity contribution in [2.75, 3.05) is 0 Å². The number of nitrogens with one attached hydrogen (secondary N) is 1. The summed E-state index contributed by atoms with van der Waals surface area (Å²) in [5.74, 6) is 2.72. The topological polar surface area (TPSA) is 33.6 Å². The van der Waals surface area contributed by atoms with Crippen molar-refractivity contribution in [2.24, 2.45) is 11.8 Å². The van der Waals surface area contributed by atoms with Crippen LogP contribution in [-0.4, -0.2) is 14.8 Å². The molecule has 1 aromatic heterocycles. The molecule has 2 rings (SSSR count). The van der Waals surface area contributed by atoms with Crippen molar-refractivity contribution in [3.8, 4) is 0 Å². The molecular formula is C13H23N3S. The summed E-state index contributed by atoms with van der Waals surface area (Å²) in [6.45, 7) is 6.86. The minimum absolute atomic E-state index is 0.563. The lowest BCUT2D eigenvalue weighted by Crippen LogP contribution is -2.18. The van der Waals surface area contributed by atoms with E-state index in [4.69, 9.17) is 12.2 Å². The van der Waals surface area contributed by atoms with Gasteiger partial charge in [-0.2, -0.15) is 5.10 Å². The van der Waals surface area contributed by atoms with E-state index in [1.165, 1.54) is 19.3 Å². The predicted molar refractivity (Wildman–Crippen MR) is 72.6 cm³/mol. The number of aromatic amines is 1. The maximum absolute atomic E-state index is 5.40. The van der Waals surface area contributed by atoms with Crippen LogP contribution in [0.5, 0.6) is 0 Å². The summed E-state index contributed by atoms with van der Waals surface area (Å²) in [7, 11) is 0. The molecule has 3 atom stereocenters. The van der Waals surface area contributed by atoms with Gasteiger partial charge in [0, 0.05) is 12.5 Å². The molecule has 96 valence electrons. The largest absolute Gasteiger partial charge is 0.301 e. The van der Waals surface area contributed by atoms with Gasteiger partial charge in [0.2, 0.25) is 0 Å². The molecule has 0 spiro atoms. The van der Waals surface area contributed by atoms with Crippen molar-refractivity contribution in [3.63, 3.8) is 0 Å². The molecule has 3 unspecified atom stereocenters. The Morgan fingerprint density at radius 3 is 2.76 bits per heavy atom. The maximum atomic E-state index is 5.40. The molecule has 1 aliphatic rings. The van der Waals surface area contributed by atoms with Crippen LogP contribution in [-0.2, 0) is 6.42 Å². The Morgan fingerprint density at radius 2 is 2.18 bits per heavy atom. The summed E-state index contributed by atoms with van der Waals surface area (Å²) < 4.78 is 3.10. The summed E-state index contributed by atoms with van der Waals surface area (Å²) in [5.41, 5.74) is 0. The molecule has 0 aliphatic heterocycles. The van der Waals surface area contributed by atoms with Crippen LogP contribution in [0.25, 0.3) is 0 Å². The van der Waals surface area contributed by atoms with Crippen molar-refractivity contribution < 1.29 is 0 Å². The summed E-state index contributed by atoms with van der Waals surface area (Å²) in [4.78, 5) is 0. The molecule has 0 saturated heterocycles. The van der Waals surface area contributed by atoms with Gasteiger partial charge in [-0.05, 0) is 43.3 Å². The molecule has 0 bridgehead atoms. The second-order valence-corrected chi connectivity index (χ2v) is 5.62. The third kappa shape index (κ3) is 2.32. The average molecular weight is 253 g/mol. The van der Waals surface area contributed by atoms with Gasteiger partial charge >= 0.3 is 0 Å². The van der Waals surface area contributed by atoms with Crippen molar-refractivity contribution in [3.05, 3.63) is 10.6 Å². The quantitative estimate of drug-likeness (QED) is 0.826. The van der Waals surface area contributed by atoms with Crippen molar-refractivity contribution >= 4 is 12.2 Å². The number of hydrogen-bond donors (Lipinski definition) is 1. The number of aryl methyl sites for hydroxylation is 1. The number of nitrogens with zero attached hydrogens (tertiary/aromatic N) is 2. The summed E-state index contributed by atoms with van der Waals surface area (Å²) in [6, 6.07) is 0.563. The molecule has 0 amide bonds. The first kappa shape index (κ1) is 12.8. The second-order valence-electron chi connectivity index (χ2n) is 5.24. The van der Waals surface area contributed by atoms with E-state index in [9.17, 15) is 0 Å². The lowest BCUT2D eigenvalue weighted by Gasteiger charge is -2.22. The van der Waals surface area contributed by atoms with Crippen molar-refractivity contribution in [1.82, 2.24) is 14.8 Å². The van der Waals surface area contributed by atoms with Crippen molar-refractivity contribution in [2.45, 2.75) is 58.9 Å². The van der Waals surface area contributed by atoms with Gasteiger partial charge in [-0.3, -0.25) is 5.10 Å². The van der Waals surface area contributed by atoms with E-state index in [1.807, 2.05) is 0 Å². The van der Waals surface area contributed by atoms with Crippen molar-refractivity contribution in [1.29, 1.82) is 0 Å². The number of aromatic nitrogens is 3. The van der Waals surface area contributed by atoms with Crippen LogP contribution in [0.15, 0.2) is 0 Å². The van der Waals surface area contributed by atoms with Crippen LogP contribution in [0.3, 0.4) is 0 Å². The standard InChI is InChI=1S/C13H23N3S/c1-4-6-12-14-15-13(17)16(12)11-8-7-10(5-2)9(11)3/h9-11H,4-8H2,1-3H3,(H,15,17). The van der Waals surface area contributed by atoms with Gasteiger partial charge in [-0.15, -0.1) is 0 Å². The molecule has 4 heteroatoms. The van der Waals surface area contributed by atoms with E-state index in [0.717, 1.165) is 35.3 Å². The van der Waals surface area contributed by atoms with E-state index < -0.39 is 0 Å². The van der Waals surface area contributed by atoms with Crippen LogP contribution < -0.4 is 0 Å².